The average Bonchev–Trinajstić information content (AvgIpc) is 2.48. The second-order valence-electron chi connectivity index (χ2n) is 5.44. The molecular weight excluding hydrogens is 260 g/mol. The van der Waals surface area contributed by atoms with E-state index in [2.05, 4.69) is 0 Å². The van der Waals surface area contributed by atoms with Gasteiger partial charge in [-0.2, -0.15) is 0 Å². The Morgan fingerprint density at radius 3 is 1.95 bits per heavy atom. The zero-order chi connectivity index (χ0) is 15.2. The van der Waals surface area contributed by atoms with E-state index in [4.69, 9.17) is 4.74 Å². The van der Waals surface area contributed by atoms with Crippen molar-refractivity contribution < 1.29 is 9.53 Å². The maximum atomic E-state index is 11.8. The highest BCUT2D eigenvalue weighted by Crippen LogP contribution is 2.23. The van der Waals surface area contributed by atoms with Crippen LogP contribution in [0.15, 0.2) is 48.5 Å². The van der Waals surface area contributed by atoms with Gasteiger partial charge in [0.25, 0.3) is 0 Å². The van der Waals surface area contributed by atoms with E-state index in [0.717, 1.165) is 28.9 Å². The number of hydrogen-bond donors (Lipinski definition) is 0. The Hall–Kier alpha value is -2.09. The van der Waals surface area contributed by atoms with Crippen molar-refractivity contribution in [2.45, 2.75) is 39.7 Å². The van der Waals surface area contributed by atoms with Gasteiger partial charge in [-0.15, -0.1) is 0 Å². The molecule has 0 radical (unpaired) electrons. The van der Waals surface area contributed by atoms with Gasteiger partial charge >= 0.3 is 0 Å². The maximum Gasteiger partial charge on any atom is 0.162 e. The van der Waals surface area contributed by atoms with Crippen LogP contribution < -0.4 is 4.74 Å². The number of hydrogen-bond acceptors (Lipinski definition) is 2. The molecule has 2 nitrogen and oxygen atoms in total. The first kappa shape index (κ1) is 15.3. The van der Waals surface area contributed by atoms with Crippen LogP contribution in [0.5, 0.6) is 5.75 Å². The Balaban J connectivity index is 2.13. The monoisotopic (exact) mass is 282 g/mol. The van der Waals surface area contributed by atoms with Crippen LogP contribution in [-0.2, 0) is 0 Å². The zero-order valence-corrected chi connectivity index (χ0v) is 12.9. The highest BCUT2D eigenvalue weighted by Gasteiger charge is 2.05. The minimum atomic E-state index is 0.180. The van der Waals surface area contributed by atoms with E-state index in [1.807, 2.05) is 69.3 Å². The van der Waals surface area contributed by atoms with Gasteiger partial charge < -0.3 is 4.74 Å². The molecule has 0 saturated heterocycles. The number of Topliss-reactive ketones (excluding diaryl/α,β-unsaturated/α-hetero) is 1. The molecule has 0 aliphatic rings. The van der Waals surface area contributed by atoms with Crippen molar-refractivity contribution in [3.05, 3.63) is 54.1 Å². The molecule has 2 aromatic carbocycles. The molecule has 110 valence electrons. The van der Waals surface area contributed by atoms with Gasteiger partial charge in [0.1, 0.15) is 5.75 Å². The van der Waals surface area contributed by atoms with Crippen molar-refractivity contribution in [3.8, 4) is 16.9 Å². The third-order valence-electron chi connectivity index (χ3n) is 3.24. The molecule has 0 saturated carbocycles. The number of rotatable bonds is 6. The molecule has 0 heterocycles. The fourth-order valence-electron chi connectivity index (χ4n) is 2.22. The Bertz CT molecular complexity index is 580. The first-order valence-corrected chi connectivity index (χ1v) is 7.50. The van der Waals surface area contributed by atoms with Crippen LogP contribution in [0, 0.1) is 0 Å². The molecule has 0 unspecified atom stereocenters. The van der Waals surface area contributed by atoms with E-state index in [1.165, 1.54) is 0 Å². The summed E-state index contributed by atoms with van der Waals surface area (Å²) in [6.07, 6.45) is 1.68. The van der Waals surface area contributed by atoms with Crippen molar-refractivity contribution >= 4 is 5.78 Å². The van der Waals surface area contributed by atoms with Crippen LogP contribution in [0.3, 0.4) is 0 Å². The molecule has 0 spiro atoms. The van der Waals surface area contributed by atoms with Crippen molar-refractivity contribution in [1.29, 1.82) is 0 Å². The molecule has 0 aliphatic carbocycles. The molecule has 0 atom stereocenters. The van der Waals surface area contributed by atoms with Gasteiger partial charge in [0.05, 0.1) is 6.10 Å². The second kappa shape index (κ2) is 7.07. The Labute approximate surface area is 126 Å². The highest BCUT2D eigenvalue weighted by atomic mass is 16.5. The van der Waals surface area contributed by atoms with Crippen molar-refractivity contribution in [3.63, 3.8) is 0 Å². The summed E-state index contributed by atoms with van der Waals surface area (Å²) in [6, 6.07) is 15.9. The van der Waals surface area contributed by atoms with Gasteiger partial charge in [-0.05, 0) is 43.5 Å². The predicted molar refractivity (Wildman–Crippen MR) is 86.9 cm³/mol. The largest absolute Gasteiger partial charge is 0.491 e. The molecule has 0 amide bonds. The minimum Gasteiger partial charge on any atom is -0.491 e. The number of ether oxygens (including phenoxy) is 1. The molecular formula is C19H22O2. The van der Waals surface area contributed by atoms with Gasteiger partial charge in [-0.25, -0.2) is 0 Å². The van der Waals surface area contributed by atoms with Gasteiger partial charge in [0.2, 0.25) is 0 Å². The van der Waals surface area contributed by atoms with Gasteiger partial charge in [0.15, 0.2) is 5.78 Å². The van der Waals surface area contributed by atoms with Crippen LogP contribution in [0.4, 0.5) is 0 Å². The smallest absolute Gasteiger partial charge is 0.162 e. The van der Waals surface area contributed by atoms with Gasteiger partial charge in [0, 0.05) is 12.0 Å². The van der Waals surface area contributed by atoms with E-state index in [1.54, 1.807) is 0 Å². The summed E-state index contributed by atoms with van der Waals surface area (Å²) in [4.78, 5) is 11.8. The molecule has 2 rings (SSSR count). The summed E-state index contributed by atoms with van der Waals surface area (Å²) in [5, 5.41) is 0. The van der Waals surface area contributed by atoms with Crippen LogP contribution in [0.1, 0.15) is 44.0 Å². The van der Waals surface area contributed by atoms with Crippen LogP contribution in [-0.4, -0.2) is 11.9 Å². The van der Waals surface area contributed by atoms with Crippen LogP contribution in [0.25, 0.3) is 11.1 Å². The van der Waals surface area contributed by atoms with Crippen molar-refractivity contribution in [2.24, 2.45) is 0 Å². The van der Waals surface area contributed by atoms with Crippen molar-refractivity contribution in [2.75, 3.05) is 0 Å². The van der Waals surface area contributed by atoms with E-state index in [0.29, 0.717) is 6.42 Å². The molecule has 0 N–H and O–H groups in total. The second-order valence-corrected chi connectivity index (χ2v) is 5.44. The zero-order valence-electron chi connectivity index (χ0n) is 12.9. The predicted octanol–water partition coefficient (Wildman–Crippen LogP) is 5.12. The van der Waals surface area contributed by atoms with Gasteiger partial charge in [-0.3, -0.25) is 4.79 Å². The molecule has 0 aromatic heterocycles. The van der Waals surface area contributed by atoms with Crippen LogP contribution >= 0.6 is 0 Å². The van der Waals surface area contributed by atoms with E-state index >= 15 is 0 Å². The molecule has 21 heavy (non-hydrogen) atoms. The summed E-state index contributed by atoms with van der Waals surface area (Å²) in [6.45, 7) is 6.05. The Morgan fingerprint density at radius 2 is 1.48 bits per heavy atom. The number of ketones is 1. The average molecular weight is 282 g/mol. The third kappa shape index (κ3) is 4.19. The van der Waals surface area contributed by atoms with Crippen molar-refractivity contribution in [1.82, 2.24) is 0 Å². The first-order valence-electron chi connectivity index (χ1n) is 7.50. The lowest BCUT2D eigenvalue weighted by Crippen LogP contribution is -2.05. The Kier molecular flexibility index (Phi) is 5.15. The lowest BCUT2D eigenvalue weighted by atomic mass is 10.0. The van der Waals surface area contributed by atoms with E-state index < -0.39 is 0 Å². The standard InChI is InChI=1S/C19H22O2/c1-4-5-19(20)17-8-6-15(7-9-17)16-10-12-18(13-11-16)21-14(2)3/h6-14H,4-5H2,1-3H3. The minimum absolute atomic E-state index is 0.180. The lowest BCUT2D eigenvalue weighted by molar-refractivity contribution is 0.0982. The summed E-state index contributed by atoms with van der Waals surface area (Å²) in [5.41, 5.74) is 3.03. The summed E-state index contributed by atoms with van der Waals surface area (Å²) in [7, 11) is 0. The Morgan fingerprint density at radius 1 is 0.952 bits per heavy atom. The topological polar surface area (TPSA) is 26.3 Å². The quantitative estimate of drug-likeness (QED) is 0.687. The molecule has 0 bridgehead atoms. The third-order valence-corrected chi connectivity index (χ3v) is 3.24. The lowest BCUT2D eigenvalue weighted by Gasteiger charge is -2.10. The fourth-order valence-corrected chi connectivity index (χ4v) is 2.22. The normalized spacial score (nSPS) is 10.7. The summed E-state index contributed by atoms with van der Waals surface area (Å²) >= 11 is 0. The summed E-state index contributed by atoms with van der Waals surface area (Å²) in [5.74, 6) is 1.09. The molecule has 2 heteroatoms. The molecule has 0 aliphatic heterocycles. The molecule has 2 aromatic rings. The molecule has 0 fully saturated rings. The van der Waals surface area contributed by atoms with E-state index in [-0.39, 0.29) is 11.9 Å². The van der Waals surface area contributed by atoms with Crippen LogP contribution in [0.2, 0.25) is 0 Å². The fraction of sp³-hybridized carbons (Fsp3) is 0.316. The highest BCUT2D eigenvalue weighted by molar-refractivity contribution is 5.96. The number of benzene rings is 2. The van der Waals surface area contributed by atoms with Gasteiger partial charge in [-0.1, -0.05) is 43.3 Å². The number of carbonyl (C=O) groups is 1. The maximum absolute atomic E-state index is 11.8. The summed E-state index contributed by atoms with van der Waals surface area (Å²) < 4.78 is 5.64. The first-order chi connectivity index (χ1) is 10.1. The van der Waals surface area contributed by atoms with E-state index in [9.17, 15) is 4.79 Å². The SMILES string of the molecule is CCCC(=O)c1ccc(-c2ccc(OC(C)C)cc2)cc1. The number of carbonyl (C=O) groups excluding carboxylic acids is 1.